The Morgan fingerprint density at radius 3 is 2.29 bits per heavy atom. The summed E-state index contributed by atoms with van der Waals surface area (Å²) in [6.45, 7) is 0. The molecule has 0 radical (unpaired) electrons. The minimum Gasteiger partial charge on any atom is -0.497 e. The second kappa shape index (κ2) is 6.02. The van der Waals surface area contributed by atoms with Gasteiger partial charge in [-0.25, -0.2) is 0 Å². The third-order valence-electron chi connectivity index (χ3n) is 3.39. The van der Waals surface area contributed by atoms with Gasteiger partial charge in [0.2, 0.25) is 0 Å². The van der Waals surface area contributed by atoms with Crippen LogP contribution in [0.25, 0.3) is 22.9 Å². The molecule has 0 aromatic heterocycles. The SMILES string of the molecule is COc1ccc2cc(/C=C/c3cccc(Cl)c3)ccc2c1. The summed E-state index contributed by atoms with van der Waals surface area (Å²) < 4.78 is 5.24. The molecular formula is C19H15ClO. The van der Waals surface area contributed by atoms with Crippen LogP contribution in [-0.4, -0.2) is 7.11 Å². The van der Waals surface area contributed by atoms with Crippen LogP contribution in [-0.2, 0) is 0 Å². The van der Waals surface area contributed by atoms with E-state index >= 15 is 0 Å². The highest BCUT2D eigenvalue weighted by Gasteiger charge is 1.97. The molecular weight excluding hydrogens is 280 g/mol. The first kappa shape index (κ1) is 13.7. The van der Waals surface area contributed by atoms with Gasteiger partial charge >= 0.3 is 0 Å². The maximum atomic E-state index is 5.99. The fourth-order valence-corrected chi connectivity index (χ4v) is 2.47. The van der Waals surface area contributed by atoms with Crippen molar-refractivity contribution in [2.45, 2.75) is 0 Å². The number of benzene rings is 3. The Morgan fingerprint density at radius 1 is 0.810 bits per heavy atom. The number of halogens is 1. The highest BCUT2D eigenvalue weighted by molar-refractivity contribution is 6.30. The second-order valence-corrected chi connectivity index (χ2v) is 5.30. The first-order valence-corrected chi connectivity index (χ1v) is 7.14. The Bertz CT molecular complexity index is 806. The largest absolute Gasteiger partial charge is 0.497 e. The molecule has 0 bridgehead atoms. The summed E-state index contributed by atoms with van der Waals surface area (Å²) in [5, 5.41) is 3.13. The topological polar surface area (TPSA) is 9.23 Å². The Morgan fingerprint density at radius 2 is 1.52 bits per heavy atom. The van der Waals surface area contributed by atoms with Crippen molar-refractivity contribution < 1.29 is 4.74 Å². The molecule has 3 aromatic rings. The van der Waals surface area contributed by atoms with Crippen LogP contribution < -0.4 is 4.74 Å². The number of fused-ring (bicyclic) bond motifs is 1. The Kier molecular flexibility index (Phi) is 3.94. The molecule has 0 N–H and O–H groups in total. The van der Waals surface area contributed by atoms with Crippen molar-refractivity contribution in [2.24, 2.45) is 0 Å². The van der Waals surface area contributed by atoms with Gasteiger partial charge in [-0.2, -0.15) is 0 Å². The molecule has 0 unspecified atom stereocenters. The van der Waals surface area contributed by atoms with Gasteiger partial charge < -0.3 is 4.74 Å². The van der Waals surface area contributed by atoms with E-state index in [4.69, 9.17) is 16.3 Å². The molecule has 0 aliphatic heterocycles. The van der Waals surface area contributed by atoms with Crippen LogP contribution in [0.1, 0.15) is 11.1 Å². The average Bonchev–Trinajstić information content (AvgIpc) is 2.52. The zero-order chi connectivity index (χ0) is 14.7. The van der Waals surface area contributed by atoms with Crippen molar-refractivity contribution in [1.29, 1.82) is 0 Å². The Balaban J connectivity index is 1.91. The molecule has 104 valence electrons. The molecule has 0 aliphatic rings. The van der Waals surface area contributed by atoms with E-state index in [1.165, 1.54) is 10.8 Å². The lowest BCUT2D eigenvalue weighted by Crippen LogP contribution is -1.82. The van der Waals surface area contributed by atoms with Gasteiger partial charge in [-0.15, -0.1) is 0 Å². The standard InChI is InChI=1S/C19H15ClO/c1-21-19-10-9-16-11-15(7-8-17(16)13-19)6-5-14-3-2-4-18(20)12-14/h2-13H,1H3/b6-5+. The first-order chi connectivity index (χ1) is 10.2. The predicted molar refractivity (Wildman–Crippen MR) is 90.9 cm³/mol. The summed E-state index contributed by atoms with van der Waals surface area (Å²) in [5.41, 5.74) is 2.25. The molecule has 21 heavy (non-hydrogen) atoms. The van der Waals surface area contributed by atoms with Crippen molar-refractivity contribution in [3.05, 3.63) is 76.8 Å². The maximum Gasteiger partial charge on any atom is 0.119 e. The van der Waals surface area contributed by atoms with Crippen molar-refractivity contribution in [3.8, 4) is 5.75 Å². The summed E-state index contributed by atoms with van der Waals surface area (Å²) in [7, 11) is 1.68. The van der Waals surface area contributed by atoms with Gasteiger partial charge in [-0.3, -0.25) is 0 Å². The van der Waals surface area contributed by atoms with E-state index in [0.29, 0.717) is 0 Å². The summed E-state index contributed by atoms with van der Waals surface area (Å²) in [4.78, 5) is 0. The molecule has 0 amide bonds. The van der Waals surface area contributed by atoms with Crippen molar-refractivity contribution in [3.63, 3.8) is 0 Å². The molecule has 3 rings (SSSR count). The molecule has 0 atom stereocenters. The molecule has 0 saturated carbocycles. The third-order valence-corrected chi connectivity index (χ3v) is 3.62. The van der Waals surface area contributed by atoms with E-state index in [1.807, 2.05) is 36.4 Å². The van der Waals surface area contributed by atoms with Gasteiger partial charge in [0.1, 0.15) is 5.75 Å². The van der Waals surface area contributed by atoms with Gasteiger partial charge in [0.05, 0.1) is 7.11 Å². The lowest BCUT2D eigenvalue weighted by molar-refractivity contribution is 0.415. The van der Waals surface area contributed by atoms with Gasteiger partial charge in [0, 0.05) is 5.02 Å². The smallest absolute Gasteiger partial charge is 0.119 e. The molecule has 3 aromatic carbocycles. The number of methoxy groups -OCH3 is 1. The minimum absolute atomic E-state index is 0.753. The second-order valence-electron chi connectivity index (χ2n) is 4.86. The molecule has 0 fully saturated rings. The van der Waals surface area contributed by atoms with Crippen molar-refractivity contribution >= 4 is 34.5 Å². The van der Waals surface area contributed by atoms with Crippen molar-refractivity contribution in [1.82, 2.24) is 0 Å². The molecule has 1 nitrogen and oxygen atoms in total. The number of hydrogen-bond acceptors (Lipinski definition) is 1. The van der Waals surface area contributed by atoms with Gasteiger partial charge in [0.15, 0.2) is 0 Å². The van der Waals surface area contributed by atoms with Crippen LogP contribution in [0.3, 0.4) is 0 Å². The molecule has 0 heterocycles. The Hall–Kier alpha value is -2.25. The van der Waals surface area contributed by atoms with Crippen LogP contribution in [0, 0.1) is 0 Å². The lowest BCUT2D eigenvalue weighted by atomic mass is 10.1. The van der Waals surface area contributed by atoms with Crippen LogP contribution in [0.15, 0.2) is 60.7 Å². The summed E-state index contributed by atoms with van der Waals surface area (Å²) in [6, 6.07) is 20.3. The van der Waals surface area contributed by atoms with E-state index in [1.54, 1.807) is 7.11 Å². The fourth-order valence-electron chi connectivity index (χ4n) is 2.28. The zero-order valence-corrected chi connectivity index (χ0v) is 12.5. The van der Waals surface area contributed by atoms with Crippen LogP contribution >= 0.6 is 11.6 Å². The van der Waals surface area contributed by atoms with Crippen LogP contribution in [0.2, 0.25) is 5.02 Å². The third kappa shape index (κ3) is 3.26. The predicted octanol–water partition coefficient (Wildman–Crippen LogP) is 5.67. The van der Waals surface area contributed by atoms with E-state index in [0.717, 1.165) is 21.9 Å². The van der Waals surface area contributed by atoms with Crippen LogP contribution in [0.4, 0.5) is 0 Å². The van der Waals surface area contributed by atoms with Gasteiger partial charge in [-0.05, 0) is 52.2 Å². The quantitative estimate of drug-likeness (QED) is 0.565. The number of hydrogen-bond donors (Lipinski definition) is 0. The summed E-state index contributed by atoms with van der Waals surface area (Å²) in [6.07, 6.45) is 4.16. The average molecular weight is 295 g/mol. The minimum atomic E-state index is 0.753. The normalized spacial score (nSPS) is 11.1. The molecule has 2 heteroatoms. The Labute approximate surface area is 129 Å². The fraction of sp³-hybridized carbons (Fsp3) is 0.0526. The van der Waals surface area contributed by atoms with Gasteiger partial charge in [0.25, 0.3) is 0 Å². The van der Waals surface area contributed by atoms with Crippen LogP contribution in [0.5, 0.6) is 5.75 Å². The molecule has 0 spiro atoms. The van der Waals surface area contributed by atoms with E-state index in [-0.39, 0.29) is 0 Å². The van der Waals surface area contributed by atoms with Crippen molar-refractivity contribution in [2.75, 3.05) is 7.11 Å². The molecule has 0 aliphatic carbocycles. The van der Waals surface area contributed by atoms with Gasteiger partial charge in [-0.1, -0.05) is 54.1 Å². The summed E-state index contributed by atoms with van der Waals surface area (Å²) in [5.74, 6) is 0.879. The number of ether oxygens (including phenoxy) is 1. The maximum absolute atomic E-state index is 5.99. The highest BCUT2D eigenvalue weighted by Crippen LogP contribution is 2.23. The summed E-state index contributed by atoms with van der Waals surface area (Å²) >= 11 is 5.99. The first-order valence-electron chi connectivity index (χ1n) is 6.76. The van der Waals surface area contributed by atoms with E-state index in [2.05, 4.69) is 36.4 Å². The lowest BCUT2D eigenvalue weighted by Gasteiger charge is -2.03. The van der Waals surface area contributed by atoms with E-state index < -0.39 is 0 Å². The highest BCUT2D eigenvalue weighted by atomic mass is 35.5. The monoisotopic (exact) mass is 294 g/mol. The zero-order valence-electron chi connectivity index (χ0n) is 11.7. The number of rotatable bonds is 3. The molecule has 0 saturated heterocycles. The van der Waals surface area contributed by atoms with E-state index in [9.17, 15) is 0 Å².